The molecule has 2 nitrogen and oxygen atoms in total. The molecule has 0 aliphatic rings. The third-order valence-electron chi connectivity index (χ3n) is 4.27. The molecule has 1 unspecified atom stereocenters. The van der Waals surface area contributed by atoms with Crippen LogP contribution < -0.4 is 0 Å². The molecule has 0 aromatic rings. The van der Waals surface area contributed by atoms with Crippen LogP contribution in [0, 0.1) is 0 Å². The van der Waals surface area contributed by atoms with Gasteiger partial charge >= 0.3 is 0 Å². The Labute approximate surface area is 132 Å². The molecular formula is C19H37NO. The summed E-state index contributed by atoms with van der Waals surface area (Å²) in [6.45, 7) is 4.50. The molecule has 0 aliphatic heterocycles. The monoisotopic (exact) mass is 295 g/mol. The molecule has 0 rings (SSSR count). The molecule has 0 bridgehead atoms. The molecule has 0 amide bonds. The maximum Gasteiger partial charge on any atom is 0.235 e. The minimum absolute atomic E-state index is 0.240. The van der Waals surface area contributed by atoms with Crippen molar-refractivity contribution in [2.75, 3.05) is 0 Å². The number of isocyanates is 1. The van der Waals surface area contributed by atoms with Gasteiger partial charge in [0.1, 0.15) is 0 Å². The lowest BCUT2D eigenvalue weighted by molar-refractivity contribution is 0.478. The van der Waals surface area contributed by atoms with Crippen LogP contribution in [0.4, 0.5) is 0 Å². The first-order chi connectivity index (χ1) is 10.3. The maximum absolute atomic E-state index is 10.5. The van der Waals surface area contributed by atoms with Crippen LogP contribution in [-0.2, 0) is 4.79 Å². The topological polar surface area (TPSA) is 29.4 Å². The van der Waals surface area contributed by atoms with Crippen LogP contribution in [0.15, 0.2) is 4.99 Å². The van der Waals surface area contributed by atoms with Crippen molar-refractivity contribution in [1.29, 1.82) is 0 Å². The summed E-state index contributed by atoms with van der Waals surface area (Å²) in [6, 6.07) is 0.240. The van der Waals surface area contributed by atoms with E-state index < -0.39 is 0 Å². The minimum atomic E-state index is 0.240. The smallest absolute Gasteiger partial charge is 0.211 e. The maximum atomic E-state index is 10.5. The third kappa shape index (κ3) is 15.6. The fourth-order valence-electron chi connectivity index (χ4n) is 2.85. The number of hydrogen-bond donors (Lipinski definition) is 0. The Hall–Kier alpha value is -0.620. The molecule has 0 radical (unpaired) electrons. The predicted octanol–water partition coefficient (Wildman–Crippen LogP) is 6.58. The normalized spacial score (nSPS) is 12.1. The Bertz CT molecular complexity index is 246. The van der Waals surface area contributed by atoms with Gasteiger partial charge in [-0.3, -0.25) is 0 Å². The molecule has 0 saturated carbocycles. The van der Waals surface area contributed by atoms with E-state index in [0.717, 1.165) is 12.8 Å². The van der Waals surface area contributed by atoms with Crippen molar-refractivity contribution in [1.82, 2.24) is 0 Å². The van der Waals surface area contributed by atoms with Crippen molar-refractivity contribution < 1.29 is 4.79 Å². The zero-order valence-electron chi connectivity index (χ0n) is 14.5. The molecule has 0 aromatic heterocycles. The number of rotatable bonds is 16. The molecule has 0 fully saturated rings. The number of aliphatic imine (C=N–C) groups is 1. The van der Waals surface area contributed by atoms with Crippen molar-refractivity contribution in [2.24, 2.45) is 4.99 Å². The highest BCUT2D eigenvalue weighted by molar-refractivity contribution is 5.33. The van der Waals surface area contributed by atoms with Crippen LogP contribution in [0.25, 0.3) is 0 Å². The van der Waals surface area contributed by atoms with Gasteiger partial charge in [0.05, 0.1) is 6.04 Å². The Balaban J connectivity index is 3.51. The Morgan fingerprint density at radius 3 is 1.43 bits per heavy atom. The molecule has 21 heavy (non-hydrogen) atoms. The van der Waals surface area contributed by atoms with E-state index in [1.54, 1.807) is 6.08 Å². The molecule has 0 N–H and O–H groups in total. The van der Waals surface area contributed by atoms with E-state index >= 15 is 0 Å². The minimum Gasteiger partial charge on any atom is -0.211 e. The van der Waals surface area contributed by atoms with Gasteiger partial charge in [-0.2, -0.15) is 0 Å². The molecule has 0 heterocycles. The highest BCUT2D eigenvalue weighted by Crippen LogP contribution is 2.16. The average molecular weight is 296 g/mol. The first kappa shape index (κ1) is 20.4. The lowest BCUT2D eigenvalue weighted by Gasteiger charge is -2.10. The molecule has 0 spiro atoms. The van der Waals surface area contributed by atoms with E-state index in [-0.39, 0.29) is 6.04 Å². The fourth-order valence-corrected chi connectivity index (χ4v) is 2.85. The van der Waals surface area contributed by atoms with Gasteiger partial charge in [0.25, 0.3) is 0 Å². The second-order valence-electron chi connectivity index (χ2n) is 6.34. The van der Waals surface area contributed by atoms with Crippen LogP contribution in [0.3, 0.4) is 0 Å². The van der Waals surface area contributed by atoms with Gasteiger partial charge in [0.15, 0.2) is 0 Å². The van der Waals surface area contributed by atoms with E-state index in [9.17, 15) is 4.79 Å². The lowest BCUT2D eigenvalue weighted by Crippen LogP contribution is -2.04. The van der Waals surface area contributed by atoms with Crippen molar-refractivity contribution >= 4 is 6.08 Å². The van der Waals surface area contributed by atoms with Gasteiger partial charge in [-0.15, -0.1) is 0 Å². The molecule has 124 valence electrons. The number of hydrogen-bond acceptors (Lipinski definition) is 2. The first-order valence-electron chi connectivity index (χ1n) is 9.42. The Morgan fingerprint density at radius 1 is 0.667 bits per heavy atom. The second kappa shape index (κ2) is 17.4. The predicted molar refractivity (Wildman–Crippen MR) is 92.5 cm³/mol. The Morgan fingerprint density at radius 2 is 1.05 bits per heavy atom. The summed E-state index contributed by atoms with van der Waals surface area (Å²) < 4.78 is 0. The van der Waals surface area contributed by atoms with Crippen molar-refractivity contribution in [2.45, 2.75) is 116 Å². The number of unbranched alkanes of at least 4 members (excludes halogenated alkanes) is 11. The number of nitrogens with zero attached hydrogens (tertiary/aromatic N) is 1. The van der Waals surface area contributed by atoms with Crippen LogP contribution in [0.5, 0.6) is 0 Å². The van der Waals surface area contributed by atoms with E-state index in [4.69, 9.17) is 0 Å². The van der Waals surface area contributed by atoms with Crippen molar-refractivity contribution in [3.63, 3.8) is 0 Å². The van der Waals surface area contributed by atoms with E-state index in [1.807, 2.05) is 0 Å². The zero-order chi connectivity index (χ0) is 15.6. The SMILES string of the molecule is CCCCCCCCCC(CCCCCCCC)N=C=O. The van der Waals surface area contributed by atoms with Gasteiger partial charge in [-0.25, -0.2) is 9.79 Å². The molecule has 2 heteroatoms. The molecule has 0 aromatic carbocycles. The Kier molecular flexibility index (Phi) is 16.9. The standard InChI is InChI=1S/C19H37NO/c1-3-5-7-9-11-13-15-17-19(20-18-21)16-14-12-10-8-6-4-2/h19H,3-17H2,1-2H3. The summed E-state index contributed by atoms with van der Waals surface area (Å²) in [7, 11) is 0. The van der Waals surface area contributed by atoms with Crippen LogP contribution in [0.1, 0.15) is 110 Å². The molecular weight excluding hydrogens is 258 g/mol. The summed E-state index contributed by atoms with van der Waals surface area (Å²) in [5.41, 5.74) is 0. The quantitative estimate of drug-likeness (QED) is 0.179. The highest BCUT2D eigenvalue weighted by atomic mass is 16.1. The highest BCUT2D eigenvalue weighted by Gasteiger charge is 2.06. The van der Waals surface area contributed by atoms with Crippen molar-refractivity contribution in [3.8, 4) is 0 Å². The van der Waals surface area contributed by atoms with E-state index in [1.165, 1.54) is 83.5 Å². The first-order valence-corrected chi connectivity index (χ1v) is 9.42. The van der Waals surface area contributed by atoms with Gasteiger partial charge in [0, 0.05) is 0 Å². The summed E-state index contributed by atoms with van der Waals surface area (Å²) >= 11 is 0. The average Bonchev–Trinajstić information content (AvgIpc) is 2.49. The van der Waals surface area contributed by atoms with Crippen LogP contribution in [-0.4, -0.2) is 12.1 Å². The summed E-state index contributed by atoms with van der Waals surface area (Å²) in [4.78, 5) is 14.5. The molecule has 0 aliphatic carbocycles. The van der Waals surface area contributed by atoms with Crippen molar-refractivity contribution in [3.05, 3.63) is 0 Å². The van der Waals surface area contributed by atoms with Crippen LogP contribution in [0.2, 0.25) is 0 Å². The third-order valence-corrected chi connectivity index (χ3v) is 4.27. The fraction of sp³-hybridized carbons (Fsp3) is 0.947. The van der Waals surface area contributed by atoms with E-state index in [0.29, 0.717) is 0 Å². The van der Waals surface area contributed by atoms with Gasteiger partial charge < -0.3 is 0 Å². The number of carbonyl (C=O) groups excluding carboxylic acids is 1. The van der Waals surface area contributed by atoms with Gasteiger partial charge in [0.2, 0.25) is 6.08 Å². The van der Waals surface area contributed by atoms with Gasteiger partial charge in [-0.05, 0) is 12.8 Å². The van der Waals surface area contributed by atoms with E-state index in [2.05, 4.69) is 18.8 Å². The van der Waals surface area contributed by atoms with Gasteiger partial charge in [-0.1, -0.05) is 97.3 Å². The summed E-state index contributed by atoms with van der Waals surface area (Å²) in [6.07, 6.45) is 21.1. The molecule has 0 saturated heterocycles. The molecule has 1 atom stereocenters. The second-order valence-corrected chi connectivity index (χ2v) is 6.34. The summed E-state index contributed by atoms with van der Waals surface area (Å²) in [5, 5.41) is 0. The van der Waals surface area contributed by atoms with Crippen LogP contribution >= 0.6 is 0 Å². The zero-order valence-corrected chi connectivity index (χ0v) is 14.5. The largest absolute Gasteiger partial charge is 0.235 e. The lowest BCUT2D eigenvalue weighted by atomic mass is 10.0. The summed E-state index contributed by atoms with van der Waals surface area (Å²) in [5.74, 6) is 0.